The second-order valence-corrected chi connectivity index (χ2v) is 11.6. The summed E-state index contributed by atoms with van der Waals surface area (Å²) in [6.07, 6.45) is 7.86. The summed E-state index contributed by atoms with van der Waals surface area (Å²) in [4.78, 5) is 23.1. The first-order valence-electron chi connectivity index (χ1n) is 12.9. The maximum atomic E-state index is 11.6. The maximum Gasteiger partial charge on any atom is 0.227 e. The van der Waals surface area contributed by atoms with Gasteiger partial charge in [-0.15, -0.1) is 0 Å². The molecule has 2 N–H and O–H groups in total. The molecule has 37 heavy (non-hydrogen) atoms. The molecular formula is C26H35N8O2S-. The van der Waals surface area contributed by atoms with Gasteiger partial charge in [-0.25, -0.2) is 15.0 Å². The molecule has 5 heterocycles. The van der Waals surface area contributed by atoms with Crippen molar-refractivity contribution < 1.29 is 8.95 Å². The lowest BCUT2D eigenvalue weighted by Crippen LogP contribution is -2.51. The third-order valence-corrected chi connectivity index (χ3v) is 8.63. The van der Waals surface area contributed by atoms with Crippen LogP contribution in [-0.2, 0) is 19.5 Å². The number of hydrogen-bond acceptors (Lipinski definition) is 11. The Balaban J connectivity index is 1.38. The number of rotatable bonds is 8. The number of hydrogen-bond donors (Lipinski definition) is 2. The number of nitrogens with one attached hydrogen (secondary N) is 2. The van der Waals surface area contributed by atoms with E-state index in [1.165, 1.54) is 0 Å². The van der Waals surface area contributed by atoms with Gasteiger partial charge in [-0.1, -0.05) is 26.0 Å². The molecule has 10 nitrogen and oxygen atoms in total. The largest absolute Gasteiger partial charge is 0.444 e. The summed E-state index contributed by atoms with van der Waals surface area (Å²) < 4.78 is 24.6. The van der Waals surface area contributed by atoms with Gasteiger partial charge in [-0.05, 0) is 47.8 Å². The minimum absolute atomic E-state index is 0.143. The molecule has 3 aromatic heterocycles. The Kier molecular flexibility index (Phi) is 7.43. The highest BCUT2D eigenvalue weighted by Gasteiger charge is 2.31. The van der Waals surface area contributed by atoms with Crippen molar-refractivity contribution in [1.29, 1.82) is 4.78 Å². The zero-order valence-electron chi connectivity index (χ0n) is 21.8. The Hall–Kier alpha value is -3.05. The maximum absolute atomic E-state index is 11.6. The number of nitrogens with zero attached hydrogens (tertiary/aromatic N) is 6. The minimum Gasteiger partial charge on any atom is -0.444 e. The Morgan fingerprint density at radius 3 is 2.49 bits per heavy atom. The highest BCUT2D eigenvalue weighted by molar-refractivity contribution is 7.74. The molecule has 0 amide bonds. The molecule has 2 aliphatic heterocycles. The third kappa shape index (κ3) is 5.33. The molecule has 0 saturated carbocycles. The van der Waals surface area contributed by atoms with Crippen LogP contribution in [0.25, 0.3) is 10.8 Å². The van der Waals surface area contributed by atoms with Gasteiger partial charge in [0, 0.05) is 57.3 Å². The predicted octanol–water partition coefficient (Wildman–Crippen LogP) is 4.45. The summed E-state index contributed by atoms with van der Waals surface area (Å²) in [5.74, 6) is 3.56. The van der Waals surface area contributed by atoms with Crippen LogP contribution in [0.15, 0.2) is 30.7 Å². The lowest BCUT2D eigenvalue weighted by molar-refractivity contribution is 0.0816. The fourth-order valence-corrected chi connectivity index (χ4v) is 5.59. The quantitative estimate of drug-likeness (QED) is 0.412. The van der Waals surface area contributed by atoms with Gasteiger partial charge < -0.3 is 28.8 Å². The molecule has 0 aliphatic carbocycles. The van der Waals surface area contributed by atoms with E-state index in [1.807, 2.05) is 25.4 Å². The van der Waals surface area contributed by atoms with E-state index in [1.54, 1.807) is 13.3 Å². The number of fused-ring (bicyclic) bond motifs is 1. The summed E-state index contributed by atoms with van der Waals surface area (Å²) >= 11 is 0. The second-order valence-electron chi connectivity index (χ2n) is 10.3. The molecule has 11 heteroatoms. The first kappa shape index (κ1) is 25.6. The van der Waals surface area contributed by atoms with Gasteiger partial charge in [-0.2, -0.15) is 15.6 Å². The van der Waals surface area contributed by atoms with Crippen LogP contribution in [0.1, 0.15) is 45.1 Å². The van der Waals surface area contributed by atoms with E-state index >= 15 is 0 Å². The van der Waals surface area contributed by atoms with Crippen LogP contribution in [0, 0.1) is 10.7 Å². The highest BCUT2D eigenvalue weighted by Crippen LogP contribution is 2.36. The van der Waals surface area contributed by atoms with Crippen molar-refractivity contribution in [2.24, 2.45) is 5.92 Å². The van der Waals surface area contributed by atoms with E-state index in [4.69, 9.17) is 24.5 Å². The Morgan fingerprint density at radius 2 is 1.81 bits per heavy atom. The van der Waals surface area contributed by atoms with Crippen LogP contribution in [0.5, 0.6) is 0 Å². The molecule has 198 valence electrons. The Morgan fingerprint density at radius 1 is 1.05 bits per heavy atom. The topological polar surface area (TPSA) is 120 Å². The van der Waals surface area contributed by atoms with Gasteiger partial charge in [0.2, 0.25) is 5.95 Å². The molecule has 2 fully saturated rings. The fourth-order valence-electron chi connectivity index (χ4n) is 5.07. The van der Waals surface area contributed by atoms with Crippen molar-refractivity contribution in [3.8, 4) is 0 Å². The lowest BCUT2D eigenvalue weighted by Gasteiger charge is -2.45. The van der Waals surface area contributed by atoms with Crippen LogP contribution < -0.4 is 15.1 Å². The smallest absolute Gasteiger partial charge is 0.227 e. The zero-order chi connectivity index (χ0) is 26.1. The van der Waals surface area contributed by atoms with Gasteiger partial charge >= 0.3 is 0 Å². The fraction of sp³-hybridized carbons (Fsp3) is 0.538. The van der Waals surface area contributed by atoms with E-state index in [0.717, 1.165) is 61.2 Å². The molecule has 0 aromatic carbocycles. The molecule has 0 unspecified atom stereocenters. The third-order valence-electron chi connectivity index (χ3n) is 7.57. The van der Waals surface area contributed by atoms with Crippen molar-refractivity contribution >= 4 is 44.8 Å². The zero-order valence-corrected chi connectivity index (χ0v) is 22.7. The molecule has 0 bridgehead atoms. The first-order chi connectivity index (χ1) is 17.8. The summed E-state index contributed by atoms with van der Waals surface area (Å²) in [6.45, 7) is 9.46. The summed E-state index contributed by atoms with van der Waals surface area (Å²) in [5, 5.41) is 5.33. The molecule has 2 saturated heterocycles. The summed E-state index contributed by atoms with van der Waals surface area (Å²) in [6, 6.07) is 3.93. The van der Waals surface area contributed by atoms with E-state index < -0.39 is 10.6 Å². The Labute approximate surface area is 219 Å². The summed E-state index contributed by atoms with van der Waals surface area (Å²) in [7, 11) is 0.207. The molecule has 5 rings (SSSR count). The normalized spacial score (nSPS) is 18.0. The SMILES string of the molecule is COC1CCN(c2nccc(Nc3cc4c(C(C)C)cnc(N5CC([C@H](C)[S-](=N)=O)C5)c4cn3)n2)CC1. The lowest BCUT2D eigenvalue weighted by atomic mass is 9.94. The second kappa shape index (κ2) is 10.7. The predicted molar refractivity (Wildman–Crippen MR) is 147 cm³/mol. The number of pyridine rings is 2. The van der Waals surface area contributed by atoms with Crippen molar-refractivity contribution in [3.05, 3.63) is 36.3 Å². The molecule has 0 radical (unpaired) electrons. The van der Waals surface area contributed by atoms with E-state index in [-0.39, 0.29) is 11.2 Å². The van der Waals surface area contributed by atoms with Gasteiger partial charge in [-0.3, -0.25) is 0 Å². The van der Waals surface area contributed by atoms with Crippen LogP contribution in [0.4, 0.5) is 23.4 Å². The van der Waals surface area contributed by atoms with Crippen LogP contribution in [0.2, 0.25) is 0 Å². The van der Waals surface area contributed by atoms with E-state index in [2.05, 4.69) is 40.0 Å². The molecular weight excluding hydrogens is 488 g/mol. The standard InChI is InChI=1S/C26H35N8O2S/c1-16(2)21-12-30-25(34-14-18(15-34)17(3)37(27)35)22-13-29-24(11-20(21)22)31-23-5-8-28-26(32-23)33-9-6-19(36-4)7-10-33/h5,8,11-13,16-19,27H,6-7,9-10,14-15H2,1-4H3,(H,28,29,31,32)/q-1/t17-/m0/s1. The van der Waals surface area contributed by atoms with Gasteiger partial charge in [0.1, 0.15) is 17.5 Å². The summed E-state index contributed by atoms with van der Waals surface area (Å²) in [5.41, 5.74) is 1.16. The van der Waals surface area contributed by atoms with Crippen LogP contribution >= 0.6 is 0 Å². The van der Waals surface area contributed by atoms with Gasteiger partial charge in [0.05, 0.1) is 6.10 Å². The number of methoxy groups -OCH3 is 1. The van der Waals surface area contributed by atoms with Crippen LogP contribution in [-0.4, -0.2) is 64.6 Å². The number of piperidine rings is 1. The van der Waals surface area contributed by atoms with Gasteiger partial charge in [0.15, 0.2) is 0 Å². The first-order valence-corrected chi connectivity index (χ1v) is 14.1. The van der Waals surface area contributed by atoms with E-state index in [9.17, 15) is 4.21 Å². The molecule has 0 spiro atoms. The van der Waals surface area contributed by atoms with Crippen molar-refractivity contribution in [2.45, 2.75) is 50.9 Å². The molecule has 1 atom stereocenters. The number of aromatic nitrogens is 4. The average molecular weight is 524 g/mol. The van der Waals surface area contributed by atoms with Crippen molar-refractivity contribution in [2.75, 3.05) is 48.4 Å². The van der Waals surface area contributed by atoms with E-state index in [0.29, 0.717) is 29.6 Å². The Bertz CT molecular complexity index is 1330. The number of ether oxygens (including phenoxy) is 1. The van der Waals surface area contributed by atoms with Crippen molar-refractivity contribution in [1.82, 2.24) is 19.9 Å². The molecule has 2 aliphatic rings. The highest BCUT2D eigenvalue weighted by atomic mass is 32.2. The monoisotopic (exact) mass is 523 g/mol. The van der Waals surface area contributed by atoms with Crippen molar-refractivity contribution in [3.63, 3.8) is 0 Å². The van der Waals surface area contributed by atoms with Gasteiger partial charge in [0.25, 0.3) is 0 Å². The average Bonchev–Trinajstić information content (AvgIpc) is 2.87. The van der Waals surface area contributed by atoms with Crippen LogP contribution in [0.3, 0.4) is 0 Å². The number of anilines is 4. The molecule has 3 aromatic rings. The minimum atomic E-state index is -1.56.